The van der Waals surface area contributed by atoms with Gasteiger partial charge in [-0.3, -0.25) is 0 Å². The standard InChI is InChI=1S/C16H18N2O2/c19-16(20-15-4-2-1-3-5-15)13-6-8-14(9-7-13)18-11-10-17-12-18/h6-12,15H,1-5H2. The molecule has 1 aromatic carbocycles. The molecule has 4 nitrogen and oxygen atoms in total. The average molecular weight is 270 g/mol. The highest BCUT2D eigenvalue weighted by molar-refractivity contribution is 5.89. The smallest absolute Gasteiger partial charge is 0.338 e. The molecule has 0 unspecified atom stereocenters. The third-order valence-corrected chi connectivity index (χ3v) is 3.73. The lowest BCUT2D eigenvalue weighted by Crippen LogP contribution is -2.20. The fourth-order valence-corrected chi connectivity index (χ4v) is 2.58. The average Bonchev–Trinajstić information content (AvgIpc) is 3.03. The molecule has 0 N–H and O–H groups in total. The molecule has 4 heteroatoms. The summed E-state index contributed by atoms with van der Waals surface area (Å²) in [5, 5.41) is 0. The van der Waals surface area contributed by atoms with Crippen molar-refractivity contribution in [2.45, 2.75) is 38.2 Å². The summed E-state index contributed by atoms with van der Waals surface area (Å²) in [5.74, 6) is -0.214. The van der Waals surface area contributed by atoms with Gasteiger partial charge in [0.15, 0.2) is 0 Å². The maximum Gasteiger partial charge on any atom is 0.338 e. The topological polar surface area (TPSA) is 44.1 Å². The van der Waals surface area contributed by atoms with Gasteiger partial charge in [-0.25, -0.2) is 9.78 Å². The monoisotopic (exact) mass is 270 g/mol. The van der Waals surface area contributed by atoms with Gasteiger partial charge in [-0.2, -0.15) is 0 Å². The van der Waals surface area contributed by atoms with Crippen LogP contribution in [0.5, 0.6) is 0 Å². The number of aromatic nitrogens is 2. The van der Waals surface area contributed by atoms with Crippen molar-refractivity contribution >= 4 is 5.97 Å². The van der Waals surface area contributed by atoms with E-state index in [4.69, 9.17) is 4.74 Å². The highest BCUT2D eigenvalue weighted by Gasteiger charge is 2.18. The maximum absolute atomic E-state index is 12.1. The minimum absolute atomic E-state index is 0.101. The Kier molecular flexibility index (Phi) is 3.81. The van der Waals surface area contributed by atoms with Crippen LogP contribution in [0, 0.1) is 0 Å². The van der Waals surface area contributed by atoms with Crippen molar-refractivity contribution in [3.63, 3.8) is 0 Å². The second-order valence-electron chi connectivity index (χ2n) is 5.18. The Hall–Kier alpha value is -2.10. The van der Waals surface area contributed by atoms with Crippen molar-refractivity contribution in [2.24, 2.45) is 0 Å². The highest BCUT2D eigenvalue weighted by Crippen LogP contribution is 2.21. The van der Waals surface area contributed by atoms with E-state index in [0.717, 1.165) is 31.4 Å². The Morgan fingerprint density at radius 3 is 2.55 bits per heavy atom. The summed E-state index contributed by atoms with van der Waals surface area (Å²) in [4.78, 5) is 16.1. The zero-order chi connectivity index (χ0) is 13.8. The number of carbonyl (C=O) groups excluding carboxylic acids is 1. The number of rotatable bonds is 3. The van der Waals surface area contributed by atoms with Gasteiger partial charge >= 0.3 is 5.97 Å². The quantitative estimate of drug-likeness (QED) is 0.803. The van der Waals surface area contributed by atoms with Crippen LogP contribution in [0.15, 0.2) is 43.0 Å². The summed E-state index contributed by atoms with van der Waals surface area (Å²) in [5.41, 5.74) is 1.59. The lowest BCUT2D eigenvalue weighted by atomic mass is 9.98. The molecule has 1 fully saturated rings. The molecule has 1 aromatic heterocycles. The summed E-state index contributed by atoms with van der Waals surface area (Å²) in [6.07, 6.45) is 11.0. The Labute approximate surface area is 118 Å². The Balaban J connectivity index is 1.66. The van der Waals surface area contributed by atoms with Gasteiger partial charge in [0, 0.05) is 18.1 Å². The molecule has 1 heterocycles. The SMILES string of the molecule is O=C(OC1CCCCC1)c1ccc(-n2ccnc2)cc1. The molecule has 0 aliphatic heterocycles. The molecule has 0 atom stereocenters. The first-order valence-corrected chi connectivity index (χ1v) is 7.12. The number of carbonyl (C=O) groups is 1. The van der Waals surface area contributed by atoms with Gasteiger partial charge in [0.05, 0.1) is 11.9 Å². The number of benzene rings is 1. The van der Waals surface area contributed by atoms with E-state index in [0.29, 0.717) is 5.56 Å². The van der Waals surface area contributed by atoms with Gasteiger partial charge < -0.3 is 9.30 Å². The number of nitrogens with zero attached hydrogens (tertiary/aromatic N) is 2. The Morgan fingerprint density at radius 1 is 1.15 bits per heavy atom. The first-order chi connectivity index (χ1) is 9.83. The van der Waals surface area contributed by atoms with Crippen molar-refractivity contribution in [2.75, 3.05) is 0 Å². The van der Waals surface area contributed by atoms with E-state index in [1.165, 1.54) is 6.42 Å². The van der Waals surface area contributed by atoms with Crippen molar-refractivity contribution in [1.29, 1.82) is 0 Å². The maximum atomic E-state index is 12.1. The minimum atomic E-state index is -0.214. The predicted octanol–water partition coefficient (Wildman–Crippen LogP) is 3.36. The van der Waals surface area contributed by atoms with Crippen molar-refractivity contribution in [3.05, 3.63) is 48.5 Å². The summed E-state index contributed by atoms with van der Waals surface area (Å²) < 4.78 is 7.45. The molecule has 1 aliphatic rings. The lowest BCUT2D eigenvalue weighted by molar-refractivity contribution is 0.0211. The minimum Gasteiger partial charge on any atom is -0.459 e. The molecular weight excluding hydrogens is 252 g/mol. The van der Waals surface area contributed by atoms with Crippen LogP contribution in [0.25, 0.3) is 5.69 Å². The second-order valence-corrected chi connectivity index (χ2v) is 5.18. The molecule has 104 valence electrons. The number of ether oxygens (including phenoxy) is 1. The zero-order valence-electron chi connectivity index (χ0n) is 11.4. The molecule has 1 saturated carbocycles. The molecule has 0 radical (unpaired) electrons. The van der Waals surface area contributed by atoms with Gasteiger partial charge in [-0.05, 0) is 49.9 Å². The van der Waals surface area contributed by atoms with Crippen LogP contribution in [-0.4, -0.2) is 21.6 Å². The molecule has 0 saturated heterocycles. The van der Waals surface area contributed by atoms with E-state index in [2.05, 4.69) is 4.98 Å². The van der Waals surface area contributed by atoms with Gasteiger partial charge in [-0.15, -0.1) is 0 Å². The molecule has 1 aliphatic carbocycles. The van der Waals surface area contributed by atoms with Crippen LogP contribution < -0.4 is 0 Å². The Morgan fingerprint density at radius 2 is 1.90 bits per heavy atom. The molecule has 2 aromatic rings. The first kappa shape index (κ1) is 12.9. The molecule has 0 spiro atoms. The summed E-state index contributed by atoms with van der Waals surface area (Å²) in [7, 11) is 0. The van der Waals surface area contributed by atoms with Crippen LogP contribution >= 0.6 is 0 Å². The molecule has 20 heavy (non-hydrogen) atoms. The summed E-state index contributed by atoms with van der Waals surface area (Å²) in [6, 6.07) is 7.42. The first-order valence-electron chi connectivity index (χ1n) is 7.12. The van der Waals surface area contributed by atoms with E-state index < -0.39 is 0 Å². The van der Waals surface area contributed by atoms with Gasteiger partial charge in [0.25, 0.3) is 0 Å². The van der Waals surface area contributed by atoms with E-state index >= 15 is 0 Å². The fourth-order valence-electron chi connectivity index (χ4n) is 2.58. The second kappa shape index (κ2) is 5.90. The van der Waals surface area contributed by atoms with Crippen LogP contribution in [0.1, 0.15) is 42.5 Å². The number of imidazole rings is 1. The van der Waals surface area contributed by atoms with Crippen molar-refractivity contribution < 1.29 is 9.53 Å². The molecule has 0 amide bonds. The normalized spacial score (nSPS) is 16.0. The predicted molar refractivity (Wildman–Crippen MR) is 75.9 cm³/mol. The third kappa shape index (κ3) is 2.90. The summed E-state index contributed by atoms with van der Waals surface area (Å²) in [6.45, 7) is 0. The van der Waals surface area contributed by atoms with Crippen LogP contribution in [0.4, 0.5) is 0 Å². The van der Waals surface area contributed by atoms with E-state index in [1.54, 1.807) is 24.7 Å². The molecular formula is C16H18N2O2. The summed E-state index contributed by atoms with van der Waals surface area (Å²) >= 11 is 0. The van der Waals surface area contributed by atoms with Crippen molar-refractivity contribution in [3.8, 4) is 5.69 Å². The highest BCUT2D eigenvalue weighted by atomic mass is 16.5. The lowest BCUT2D eigenvalue weighted by Gasteiger charge is -2.21. The van der Waals surface area contributed by atoms with E-state index in [-0.39, 0.29) is 12.1 Å². The molecule has 0 bridgehead atoms. The number of esters is 1. The van der Waals surface area contributed by atoms with E-state index in [1.807, 2.05) is 22.9 Å². The van der Waals surface area contributed by atoms with Gasteiger partial charge in [0.2, 0.25) is 0 Å². The largest absolute Gasteiger partial charge is 0.459 e. The van der Waals surface area contributed by atoms with Crippen LogP contribution in [-0.2, 0) is 4.74 Å². The van der Waals surface area contributed by atoms with Gasteiger partial charge in [-0.1, -0.05) is 6.42 Å². The number of hydrogen-bond donors (Lipinski definition) is 0. The van der Waals surface area contributed by atoms with Gasteiger partial charge in [0.1, 0.15) is 6.10 Å². The van der Waals surface area contributed by atoms with Crippen LogP contribution in [0.2, 0.25) is 0 Å². The fraction of sp³-hybridized carbons (Fsp3) is 0.375. The third-order valence-electron chi connectivity index (χ3n) is 3.73. The van der Waals surface area contributed by atoms with Crippen molar-refractivity contribution in [1.82, 2.24) is 9.55 Å². The van der Waals surface area contributed by atoms with Crippen LogP contribution in [0.3, 0.4) is 0 Å². The molecule has 3 rings (SSSR count). The zero-order valence-corrected chi connectivity index (χ0v) is 11.4. The van der Waals surface area contributed by atoms with E-state index in [9.17, 15) is 4.79 Å². The number of hydrogen-bond acceptors (Lipinski definition) is 3. The Bertz CT molecular complexity index is 555.